The Bertz CT molecular complexity index is 132. The fourth-order valence-electron chi connectivity index (χ4n) is 1.43. The van der Waals surface area contributed by atoms with Gasteiger partial charge in [0.15, 0.2) is 0 Å². The predicted octanol–water partition coefficient (Wildman–Crippen LogP) is 0.736. The topological polar surface area (TPSA) is 24.1 Å². The SMILES string of the molecule is CC1CC1NCCNC1CC1. The molecule has 2 atom stereocenters. The van der Waals surface area contributed by atoms with E-state index in [4.69, 9.17) is 0 Å². The summed E-state index contributed by atoms with van der Waals surface area (Å²) in [6, 6.07) is 1.71. The second kappa shape index (κ2) is 3.11. The van der Waals surface area contributed by atoms with Gasteiger partial charge >= 0.3 is 0 Å². The van der Waals surface area contributed by atoms with Crippen molar-refractivity contribution in [3.8, 4) is 0 Å². The second-order valence-electron chi connectivity index (χ2n) is 4.00. The quantitative estimate of drug-likeness (QED) is 0.571. The molecule has 11 heavy (non-hydrogen) atoms. The van der Waals surface area contributed by atoms with Gasteiger partial charge in [-0.2, -0.15) is 0 Å². The van der Waals surface area contributed by atoms with Crippen molar-refractivity contribution in [3.63, 3.8) is 0 Å². The van der Waals surface area contributed by atoms with Crippen LogP contribution in [0.2, 0.25) is 0 Å². The predicted molar refractivity (Wildman–Crippen MR) is 46.6 cm³/mol. The van der Waals surface area contributed by atoms with Gasteiger partial charge in [0, 0.05) is 25.2 Å². The molecule has 2 heteroatoms. The third kappa shape index (κ3) is 2.46. The Morgan fingerprint density at radius 1 is 1.18 bits per heavy atom. The van der Waals surface area contributed by atoms with Crippen molar-refractivity contribution in [3.05, 3.63) is 0 Å². The molecule has 2 aliphatic carbocycles. The molecule has 2 aliphatic rings. The summed E-state index contributed by atoms with van der Waals surface area (Å²) in [5.41, 5.74) is 0. The van der Waals surface area contributed by atoms with Crippen LogP contribution in [0.25, 0.3) is 0 Å². The van der Waals surface area contributed by atoms with E-state index in [1.165, 1.54) is 19.3 Å². The van der Waals surface area contributed by atoms with Gasteiger partial charge < -0.3 is 10.6 Å². The molecule has 2 rings (SSSR count). The Morgan fingerprint density at radius 2 is 1.82 bits per heavy atom. The zero-order chi connectivity index (χ0) is 7.68. The molecule has 0 radical (unpaired) electrons. The van der Waals surface area contributed by atoms with Crippen molar-refractivity contribution < 1.29 is 0 Å². The number of nitrogens with one attached hydrogen (secondary N) is 2. The number of hydrogen-bond acceptors (Lipinski definition) is 2. The lowest BCUT2D eigenvalue weighted by molar-refractivity contribution is 0.592. The molecule has 2 fully saturated rings. The first-order valence-corrected chi connectivity index (χ1v) is 4.83. The van der Waals surface area contributed by atoms with E-state index < -0.39 is 0 Å². The first-order chi connectivity index (χ1) is 5.36. The molecule has 2 unspecified atom stereocenters. The molecule has 2 N–H and O–H groups in total. The zero-order valence-electron chi connectivity index (χ0n) is 7.27. The van der Waals surface area contributed by atoms with Gasteiger partial charge in [-0.25, -0.2) is 0 Å². The summed E-state index contributed by atoms with van der Waals surface area (Å²) in [5.74, 6) is 0.941. The first kappa shape index (κ1) is 7.56. The molecule has 64 valence electrons. The van der Waals surface area contributed by atoms with Gasteiger partial charge in [-0.3, -0.25) is 0 Å². The van der Waals surface area contributed by atoms with E-state index in [1.807, 2.05) is 0 Å². The molecule has 2 nitrogen and oxygen atoms in total. The molecule has 0 aromatic heterocycles. The third-order valence-corrected chi connectivity index (χ3v) is 2.65. The van der Waals surface area contributed by atoms with Gasteiger partial charge in [0.25, 0.3) is 0 Å². The largest absolute Gasteiger partial charge is 0.313 e. The van der Waals surface area contributed by atoms with Crippen molar-refractivity contribution in [1.82, 2.24) is 10.6 Å². The average molecular weight is 154 g/mol. The van der Waals surface area contributed by atoms with E-state index >= 15 is 0 Å². The summed E-state index contributed by atoms with van der Waals surface area (Å²) in [6.07, 6.45) is 4.20. The molecule has 0 saturated heterocycles. The lowest BCUT2D eigenvalue weighted by Gasteiger charge is -2.03. The van der Waals surface area contributed by atoms with Crippen LogP contribution >= 0.6 is 0 Å². The minimum Gasteiger partial charge on any atom is -0.313 e. The van der Waals surface area contributed by atoms with Crippen LogP contribution < -0.4 is 10.6 Å². The van der Waals surface area contributed by atoms with Gasteiger partial charge in [-0.15, -0.1) is 0 Å². The zero-order valence-corrected chi connectivity index (χ0v) is 7.27. The van der Waals surface area contributed by atoms with Crippen molar-refractivity contribution in [2.45, 2.75) is 38.3 Å². The minimum atomic E-state index is 0.844. The smallest absolute Gasteiger partial charge is 0.00969 e. The molecule has 0 spiro atoms. The van der Waals surface area contributed by atoms with Gasteiger partial charge in [0.1, 0.15) is 0 Å². The van der Waals surface area contributed by atoms with E-state index in [9.17, 15) is 0 Å². The summed E-state index contributed by atoms with van der Waals surface area (Å²) in [6.45, 7) is 4.63. The molecular weight excluding hydrogens is 136 g/mol. The lowest BCUT2D eigenvalue weighted by atomic mass is 10.4. The Hall–Kier alpha value is -0.0800. The van der Waals surface area contributed by atoms with Gasteiger partial charge in [0.2, 0.25) is 0 Å². The highest BCUT2D eigenvalue weighted by atomic mass is 15.0. The van der Waals surface area contributed by atoms with Crippen LogP contribution in [0, 0.1) is 5.92 Å². The minimum absolute atomic E-state index is 0.844. The maximum atomic E-state index is 3.53. The Balaban J connectivity index is 1.41. The summed E-state index contributed by atoms with van der Waals surface area (Å²) in [7, 11) is 0. The summed E-state index contributed by atoms with van der Waals surface area (Å²) < 4.78 is 0. The van der Waals surface area contributed by atoms with Crippen LogP contribution in [0.4, 0.5) is 0 Å². The van der Waals surface area contributed by atoms with Crippen LogP contribution in [0.5, 0.6) is 0 Å². The highest BCUT2D eigenvalue weighted by molar-refractivity contribution is 4.90. The highest BCUT2D eigenvalue weighted by Gasteiger charge is 2.31. The summed E-state index contributed by atoms with van der Waals surface area (Å²) in [4.78, 5) is 0. The molecular formula is C9H18N2. The lowest BCUT2D eigenvalue weighted by Crippen LogP contribution is -2.30. The molecule has 0 amide bonds. The second-order valence-corrected chi connectivity index (χ2v) is 4.00. The van der Waals surface area contributed by atoms with Crippen molar-refractivity contribution in [2.75, 3.05) is 13.1 Å². The summed E-state index contributed by atoms with van der Waals surface area (Å²) >= 11 is 0. The van der Waals surface area contributed by atoms with Crippen molar-refractivity contribution in [1.29, 1.82) is 0 Å². The average Bonchev–Trinajstić information content (AvgIpc) is 2.81. The molecule has 2 saturated carbocycles. The van der Waals surface area contributed by atoms with Crippen molar-refractivity contribution in [2.24, 2.45) is 5.92 Å². The maximum Gasteiger partial charge on any atom is 0.00969 e. The number of rotatable bonds is 5. The molecule has 0 aliphatic heterocycles. The monoisotopic (exact) mass is 154 g/mol. The molecule has 0 heterocycles. The van der Waals surface area contributed by atoms with Crippen LogP contribution in [0.15, 0.2) is 0 Å². The molecule has 0 aromatic rings. The first-order valence-electron chi connectivity index (χ1n) is 4.83. The Labute approximate surface area is 68.7 Å². The fraction of sp³-hybridized carbons (Fsp3) is 1.00. The highest BCUT2D eigenvalue weighted by Crippen LogP contribution is 2.28. The van der Waals surface area contributed by atoms with Crippen LogP contribution in [0.3, 0.4) is 0 Å². The molecule has 0 aromatic carbocycles. The van der Waals surface area contributed by atoms with Gasteiger partial charge in [-0.1, -0.05) is 6.92 Å². The van der Waals surface area contributed by atoms with E-state index in [0.717, 1.165) is 31.1 Å². The van der Waals surface area contributed by atoms with Gasteiger partial charge in [0.05, 0.1) is 0 Å². The van der Waals surface area contributed by atoms with Crippen molar-refractivity contribution >= 4 is 0 Å². The Kier molecular flexibility index (Phi) is 2.14. The van der Waals surface area contributed by atoms with Crippen LogP contribution in [-0.4, -0.2) is 25.2 Å². The van der Waals surface area contributed by atoms with E-state index in [-0.39, 0.29) is 0 Å². The fourth-order valence-corrected chi connectivity index (χ4v) is 1.43. The number of hydrogen-bond donors (Lipinski definition) is 2. The van der Waals surface area contributed by atoms with Crippen LogP contribution in [0.1, 0.15) is 26.2 Å². The van der Waals surface area contributed by atoms with Gasteiger partial charge in [-0.05, 0) is 25.2 Å². The van der Waals surface area contributed by atoms with E-state index in [2.05, 4.69) is 17.6 Å². The van der Waals surface area contributed by atoms with E-state index in [1.54, 1.807) is 0 Å². The maximum absolute atomic E-state index is 3.53. The van der Waals surface area contributed by atoms with Crippen LogP contribution in [-0.2, 0) is 0 Å². The Morgan fingerprint density at radius 3 is 2.36 bits per heavy atom. The molecule has 0 bridgehead atoms. The normalized spacial score (nSPS) is 35.7. The summed E-state index contributed by atoms with van der Waals surface area (Å²) in [5, 5.41) is 7.02. The van der Waals surface area contributed by atoms with E-state index in [0.29, 0.717) is 0 Å². The third-order valence-electron chi connectivity index (χ3n) is 2.65. The standard InChI is InChI=1S/C9H18N2/c1-7-6-9(7)11-5-4-10-8-2-3-8/h7-11H,2-6H2,1H3.